The molecule has 0 aliphatic heterocycles. The van der Waals surface area contributed by atoms with Gasteiger partial charge >= 0.3 is 0 Å². The highest BCUT2D eigenvalue weighted by atomic mass is 16.1. The molecule has 2 aromatic rings. The summed E-state index contributed by atoms with van der Waals surface area (Å²) in [6.07, 6.45) is 9.78. The Morgan fingerprint density at radius 3 is 2.81 bits per heavy atom. The lowest BCUT2D eigenvalue weighted by Gasteiger charge is -2.17. The summed E-state index contributed by atoms with van der Waals surface area (Å²) in [6, 6.07) is 11.8. The van der Waals surface area contributed by atoms with E-state index in [4.69, 9.17) is 0 Å². The van der Waals surface area contributed by atoms with Crippen LogP contribution >= 0.6 is 0 Å². The molecule has 0 saturated heterocycles. The highest BCUT2D eigenvalue weighted by Crippen LogP contribution is 2.19. The van der Waals surface area contributed by atoms with Crippen LogP contribution < -0.4 is 10.2 Å². The number of allylic oxidation sites excluding steroid dienone is 1. The van der Waals surface area contributed by atoms with Crippen LogP contribution in [0.4, 0.5) is 5.95 Å². The number of carbonyl (C=O) groups is 1. The fourth-order valence-corrected chi connectivity index (χ4v) is 3.15. The smallest absolute Gasteiger partial charge is 0.270 e. The second-order valence-corrected chi connectivity index (χ2v) is 6.70. The lowest BCUT2D eigenvalue weighted by Crippen LogP contribution is -2.27. The number of hydrogen-bond acceptors (Lipinski definition) is 4. The lowest BCUT2D eigenvalue weighted by molar-refractivity contribution is 0.0949. The van der Waals surface area contributed by atoms with Gasteiger partial charge in [-0.1, -0.05) is 42.0 Å². The molecule has 1 aromatic carbocycles. The molecule has 3 rings (SSSR count). The maximum Gasteiger partial charge on any atom is 0.270 e. The SMILES string of the molecule is CN(Cc1ccccc1)c1nccc(C(=O)NCCC2=CCCCC2)n1. The summed E-state index contributed by atoms with van der Waals surface area (Å²) in [5.74, 6) is 0.412. The van der Waals surface area contributed by atoms with Gasteiger partial charge in [-0.25, -0.2) is 9.97 Å². The molecule has 1 aromatic heterocycles. The third kappa shape index (κ3) is 5.15. The van der Waals surface area contributed by atoms with E-state index in [1.54, 1.807) is 12.3 Å². The predicted octanol–water partition coefficient (Wildman–Crippen LogP) is 3.73. The highest BCUT2D eigenvalue weighted by molar-refractivity contribution is 5.92. The van der Waals surface area contributed by atoms with E-state index in [2.05, 4.69) is 33.5 Å². The van der Waals surface area contributed by atoms with Crippen molar-refractivity contribution in [2.24, 2.45) is 0 Å². The summed E-state index contributed by atoms with van der Waals surface area (Å²) in [4.78, 5) is 23.0. The molecule has 1 aliphatic carbocycles. The normalized spacial score (nSPS) is 13.8. The summed E-state index contributed by atoms with van der Waals surface area (Å²) in [7, 11) is 1.93. The molecular formula is C21H26N4O. The first-order valence-electron chi connectivity index (χ1n) is 9.26. The van der Waals surface area contributed by atoms with Crippen LogP contribution in [0.1, 0.15) is 48.2 Å². The third-order valence-electron chi connectivity index (χ3n) is 4.60. The molecule has 0 spiro atoms. The van der Waals surface area contributed by atoms with Gasteiger partial charge in [0, 0.05) is 26.3 Å². The van der Waals surface area contributed by atoms with E-state index in [1.807, 2.05) is 30.1 Å². The van der Waals surface area contributed by atoms with E-state index in [-0.39, 0.29) is 5.91 Å². The van der Waals surface area contributed by atoms with Gasteiger partial charge in [-0.3, -0.25) is 4.79 Å². The Kier molecular flexibility index (Phi) is 6.36. The topological polar surface area (TPSA) is 58.1 Å². The Hall–Kier alpha value is -2.69. The number of hydrogen-bond donors (Lipinski definition) is 1. The van der Waals surface area contributed by atoms with E-state index < -0.39 is 0 Å². The van der Waals surface area contributed by atoms with Crippen molar-refractivity contribution in [2.75, 3.05) is 18.5 Å². The molecule has 0 radical (unpaired) electrons. The number of anilines is 1. The third-order valence-corrected chi connectivity index (χ3v) is 4.60. The van der Waals surface area contributed by atoms with Crippen LogP contribution in [0.3, 0.4) is 0 Å². The summed E-state index contributed by atoms with van der Waals surface area (Å²) in [5.41, 5.74) is 3.05. The number of rotatable bonds is 7. The number of aromatic nitrogens is 2. The summed E-state index contributed by atoms with van der Waals surface area (Å²) in [5, 5.41) is 2.97. The molecular weight excluding hydrogens is 324 g/mol. The van der Waals surface area contributed by atoms with Gasteiger partial charge in [0.15, 0.2) is 0 Å². The van der Waals surface area contributed by atoms with E-state index in [1.165, 1.54) is 30.4 Å². The minimum atomic E-state index is -0.141. The summed E-state index contributed by atoms with van der Waals surface area (Å²) < 4.78 is 0. The monoisotopic (exact) mass is 350 g/mol. The maximum atomic E-state index is 12.4. The van der Waals surface area contributed by atoms with E-state index >= 15 is 0 Å². The quantitative estimate of drug-likeness (QED) is 0.773. The second-order valence-electron chi connectivity index (χ2n) is 6.70. The van der Waals surface area contributed by atoms with Crippen LogP contribution in [0, 0.1) is 0 Å². The van der Waals surface area contributed by atoms with Crippen LogP contribution in [0.15, 0.2) is 54.2 Å². The van der Waals surface area contributed by atoms with Crippen molar-refractivity contribution in [2.45, 2.75) is 38.6 Å². The van der Waals surface area contributed by atoms with Gasteiger partial charge in [-0.2, -0.15) is 0 Å². The Balaban J connectivity index is 1.55. The van der Waals surface area contributed by atoms with E-state index in [0.717, 1.165) is 12.8 Å². The van der Waals surface area contributed by atoms with Crippen molar-refractivity contribution in [3.05, 3.63) is 65.5 Å². The first kappa shape index (κ1) is 18.1. The van der Waals surface area contributed by atoms with Crippen molar-refractivity contribution < 1.29 is 4.79 Å². The lowest BCUT2D eigenvalue weighted by atomic mass is 9.97. The van der Waals surface area contributed by atoms with Crippen molar-refractivity contribution in [3.8, 4) is 0 Å². The zero-order valence-electron chi connectivity index (χ0n) is 15.3. The molecule has 0 atom stereocenters. The summed E-state index contributed by atoms with van der Waals surface area (Å²) >= 11 is 0. The van der Waals surface area contributed by atoms with E-state index in [0.29, 0.717) is 24.7 Å². The zero-order chi connectivity index (χ0) is 18.2. The Morgan fingerprint density at radius 2 is 2.04 bits per heavy atom. The van der Waals surface area contributed by atoms with Gasteiger partial charge in [0.25, 0.3) is 5.91 Å². The molecule has 0 bridgehead atoms. The number of amides is 1. The molecule has 5 heteroatoms. The number of carbonyl (C=O) groups excluding carboxylic acids is 1. The van der Waals surface area contributed by atoms with Crippen LogP contribution in [-0.4, -0.2) is 29.5 Å². The largest absolute Gasteiger partial charge is 0.350 e. The standard InChI is InChI=1S/C21H26N4O/c1-25(16-18-10-6-3-7-11-18)21-23-15-13-19(24-21)20(26)22-14-12-17-8-4-2-5-9-17/h3,6-8,10-11,13,15H,2,4-5,9,12,14,16H2,1H3,(H,22,26). The number of nitrogens with one attached hydrogen (secondary N) is 1. The van der Waals surface area contributed by atoms with Gasteiger partial charge in [0.2, 0.25) is 5.95 Å². The molecule has 26 heavy (non-hydrogen) atoms. The molecule has 1 N–H and O–H groups in total. The average Bonchev–Trinajstić information content (AvgIpc) is 2.69. The average molecular weight is 350 g/mol. The van der Waals surface area contributed by atoms with Gasteiger partial charge in [0.05, 0.1) is 0 Å². The van der Waals surface area contributed by atoms with Gasteiger partial charge < -0.3 is 10.2 Å². The minimum absolute atomic E-state index is 0.141. The zero-order valence-corrected chi connectivity index (χ0v) is 15.3. The van der Waals surface area contributed by atoms with Crippen molar-refractivity contribution in [1.82, 2.24) is 15.3 Å². The first-order valence-corrected chi connectivity index (χ1v) is 9.26. The molecule has 1 amide bonds. The Morgan fingerprint density at radius 1 is 1.19 bits per heavy atom. The molecule has 1 heterocycles. The van der Waals surface area contributed by atoms with Crippen LogP contribution in [-0.2, 0) is 6.54 Å². The summed E-state index contributed by atoms with van der Waals surface area (Å²) in [6.45, 7) is 1.35. The molecule has 136 valence electrons. The van der Waals surface area contributed by atoms with Crippen molar-refractivity contribution >= 4 is 11.9 Å². The number of nitrogens with zero attached hydrogens (tertiary/aromatic N) is 3. The number of benzene rings is 1. The highest BCUT2D eigenvalue weighted by Gasteiger charge is 2.12. The molecule has 0 saturated carbocycles. The molecule has 1 aliphatic rings. The maximum absolute atomic E-state index is 12.4. The van der Waals surface area contributed by atoms with Gasteiger partial charge in [-0.05, 0) is 43.7 Å². The molecule has 0 unspecified atom stereocenters. The minimum Gasteiger partial charge on any atom is -0.350 e. The second kappa shape index (κ2) is 9.13. The predicted molar refractivity (Wildman–Crippen MR) is 104 cm³/mol. The van der Waals surface area contributed by atoms with Gasteiger partial charge in [-0.15, -0.1) is 0 Å². The Labute approximate surface area is 155 Å². The molecule has 5 nitrogen and oxygen atoms in total. The van der Waals surface area contributed by atoms with Gasteiger partial charge in [0.1, 0.15) is 5.69 Å². The van der Waals surface area contributed by atoms with Crippen LogP contribution in [0.25, 0.3) is 0 Å². The van der Waals surface area contributed by atoms with Crippen LogP contribution in [0.5, 0.6) is 0 Å². The Bertz CT molecular complexity index is 758. The van der Waals surface area contributed by atoms with Crippen molar-refractivity contribution in [1.29, 1.82) is 0 Å². The van der Waals surface area contributed by atoms with E-state index in [9.17, 15) is 4.79 Å². The van der Waals surface area contributed by atoms with Crippen molar-refractivity contribution in [3.63, 3.8) is 0 Å². The molecule has 0 fully saturated rings. The van der Waals surface area contributed by atoms with Crippen LogP contribution in [0.2, 0.25) is 0 Å². The fourth-order valence-electron chi connectivity index (χ4n) is 3.15. The fraction of sp³-hybridized carbons (Fsp3) is 0.381. The first-order chi connectivity index (χ1) is 12.7.